The second-order valence-electron chi connectivity index (χ2n) is 8.85. The molecule has 0 saturated carbocycles. The molecule has 168 valence electrons. The van der Waals surface area contributed by atoms with Crippen molar-refractivity contribution in [1.29, 1.82) is 0 Å². The SMILES string of the molecule is C.C.C.Cc1cc(C(C)C)ccc1C(C)C.Cc1cc(C(C)C)ccc1C(C)C. The Morgan fingerprint density at radius 3 is 0.897 bits per heavy atom. The molecule has 0 aromatic heterocycles. The molecule has 0 atom stereocenters. The van der Waals surface area contributed by atoms with Crippen molar-refractivity contribution in [2.45, 2.75) is 115 Å². The molecule has 0 aliphatic heterocycles. The number of aryl methyl sites for hydroxylation is 2. The van der Waals surface area contributed by atoms with E-state index in [9.17, 15) is 0 Å². The first-order valence-electron chi connectivity index (χ1n) is 10.2. The second kappa shape index (κ2) is 14.4. The number of hydrogen-bond donors (Lipinski definition) is 0. The fourth-order valence-corrected chi connectivity index (χ4v) is 3.41. The molecule has 0 nitrogen and oxygen atoms in total. The molecular weight excluding hydrogens is 348 g/mol. The molecule has 0 bridgehead atoms. The van der Waals surface area contributed by atoms with Gasteiger partial charge in [0.1, 0.15) is 0 Å². The van der Waals surface area contributed by atoms with E-state index in [1.807, 2.05) is 0 Å². The summed E-state index contributed by atoms with van der Waals surface area (Å²) in [5, 5.41) is 0. The van der Waals surface area contributed by atoms with Crippen molar-refractivity contribution in [3.63, 3.8) is 0 Å². The highest BCUT2D eigenvalue weighted by molar-refractivity contribution is 5.35. The van der Waals surface area contributed by atoms with E-state index in [1.54, 1.807) is 0 Å². The Balaban J connectivity index is -0.000000422. The van der Waals surface area contributed by atoms with Crippen LogP contribution in [0, 0.1) is 13.8 Å². The fraction of sp³-hybridized carbons (Fsp3) is 0.586. The molecule has 0 radical (unpaired) electrons. The summed E-state index contributed by atoms with van der Waals surface area (Å²) in [6.07, 6.45) is 0. The predicted molar refractivity (Wildman–Crippen MR) is 139 cm³/mol. The van der Waals surface area contributed by atoms with Gasteiger partial charge in [-0.3, -0.25) is 0 Å². The molecule has 29 heavy (non-hydrogen) atoms. The summed E-state index contributed by atoms with van der Waals surface area (Å²) in [7, 11) is 0. The lowest BCUT2D eigenvalue weighted by atomic mass is 9.93. The van der Waals surface area contributed by atoms with E-state index in [0.29, 0.717) is 23.7 Å². The molecule has 0 fully saturated rings. The summed E-state index contributed by atoms with van der Waals surface area (Å²) in [6, 6.07) is 13.7. The van der Waals surface area contributed by atoms with Gasteiger partial charge < -0.3 is 0 Å². The highest BCUT2D eigenvalue weighted by Gasteiger charge is 2.06. The van der Waals surface area contributed by atoms with Gasteiger partial charge in [-0.2, -0.15) is 0 Å². The number of benzene rings is 2. The monoisotopic (exact) mass is 400 g/mol. The van der Waals surface area contributed by atoms with E-state index in [2.05, 4.69) is 106 Å². The lowest BCUT2D eigenvalue weighted by Crippen LogP contribution is -1.95. The highest BCUT2D eigenvalue weighted by Crippen LogP contribution is 2.24. The van der Waals surface area contributed by atoms with E-state index >= 15 is 0 Å². The molecule has 0 amide bonds. The van der Waals surface area contributed by atoms with E-state index in [1.165, 1.54) is 33.4 Å². The molecular formula is C29H52. The van der Waals surface area contributed by atoms with Crippen LogP contribution in [-0.4, -0.2) is 0 Å². The van der Waals surface area contributed by atoms with Gasteiger partial charge >= 0.3 is 0 Å². The van der Waals surface area contributed by atoms with Crippen molar-refractivity contribution in [3.8, 4) is 0 Å². The first-order chi connectivity index (χ1) is 12.0. The minimum atomic E-state index is 0. The molecule has 0 spiro atoms. The van der Waals surface area contributed by atoms with Gasteiger partial charge in [0.25, 0.3) is 0 Å². The third kappa shape index (κ3) is 9.66. The van der Waals surface area contributed by atoms with Crippen LogP contribution >= 0.6 is 0 Å². The third-order valence-corrected chi connectivity index (χ3v) is 5.17. The minimum Gasteiger partial charge on any atom is -0.0776 e. The van der Waals surface area contributed by atoms with Crippen LogP contribution in [0.2, 0.25) is 0 Å². The van der Waals surface area contributed by atoms with Crippen molar-refractivity contribution in [3.05, 3.63) is 69.8 Å². The smallest absolute Gasteiger partial charge is 0.0216 e. The second-order valence-corrected chi connectivity index (χ2v) is 8.85. The Labute approximate surface area is 185 Å². The quantitative estimate of drug-likeness (QED) is 0.478. The molecule has 0 unspecified atom stereocenters. The Hall–Kier alpha value is -1.56. The maximum atomic E-state index is 2.32. The van der Waals surface area contributed by atoms with Crippen molar-refractivity contribution in [1.82, 2.24) is 0 Å². The molecule has 0 N–H and O–H groups in total. The predicted octanol–water partition coefficient (Wildman–Crippen LogP) is 10.4. The van der Waals surface area contributed by atoms with Gasteiger partial charge in [-0.1, -0.05) is 114 Å². The van der Waals surface area contributed by atoms with Gasteiger partial charge in [-0.15, -0.1) is 0 Å². The average molecular weight is 401 g/mol. The summed E-state index contributed by atoms with van der Waals surface area (Å²) < 4.78 is 0. The zero-order chi connectivity index (χ0) is 20.0. The zero-order valence-electron chi connectivity index (χ0n) is 18.8. The first kappa shape index (κ1) is 32.1. The Kier molecular flexibility index (Phi) is 16.0. The largest absolute Gasteiger partial charge is 0.0776 e. The van der Waals surface area contributed by atoms with Crippen LogP contribution in [0.15, 0.2) is 36.4 Å². The third-order valence-electron chi connectivity index (χ3n) is 5.17. The fourth-order valence-electron chi connectivity index (χ4n) is 3.41. The summed E-state index contributed by atoms with van der Waals surface area (Å²) in [5.74, 6) is 2.56. The van der Waals surface area contributed by atoms with Crippen LogP contribution < -0.4 is 0 Å². The topological polar surface area (TPSA) is 0 Å². The molecule has 0 heteroatoms. The van der Waals surface area contributed by atoms with E-state index in [-0.39, 0.29) is 22.3 Å². The van der Waals surface area contributed by atoms with E-state index in [0.717, 1.165) is 0 Å². The Bertz CT molecular complexity index is 626. The van der Waals surface area contributed by atoms with Crippen molar-refractivity contribution in [2.75, 3.05) is 0 Å². The Morgan fingerprint density at radius 1 is 0.448 bits per heavy atom. The molecule has 2 aromatic carbocycles. The maximum Gasteiger partial charge on any atom is -0.0216 e. The molecule has 2 aromatic rings. The van der Waals surface area contributed by atoms with Gasteiger partial charge in [0.15, 0.2) is 0 Å². The van der Waals surface area contributed by atoms with E-state index < -0.39 is 0 Å². The van der Waals surface area contributed by atoms with Crippen molar-refractivity contribution < 1.29 is 0 Å². The Morgan fingerprint density at radius 2 is 0.724 bits per heavy atom. The summed E-state index contributed by atoms with van der Waals surface area (Å²) >= 11 is 0. The van der Waals surface area contributed by atoms with Crippen LogP contribution in [0.3, 0.4) is 0 Å². The van der Waals surface area contributed by atoms with Crippen LogP contribution in [0.5, 0.6) is 0 Å². The van der Waals surface area contributed by atoms with Crippen LogP contribution in [0.4, 0.5) is 0 Å². The maximum absolute atomic E-state index is 2.32. The zero-order valence-corrected chi connectivity index (χ0v) is 18.8. The lowest BCUT2D eigenvalue weighted by molar-refractivity contribution is 0.835. The first-order valence-corrected chi connectivity index (χ1v) is 10.2. The standard InChI is InChI=1S/2C13H20.3CH4/c2*1-9(2)12-6-7-13(10(3)4)11(5)8-12;;;/h2*6-10H,1-5H3;3*1H4. The normalized spacial score (nSPS) is 10.1. The van der Waals surface area contributed by atoms with Crippen molar-refractivity contribution in [2.24, 2.45) is 0 Å². The highest BCUT2D eigenvalue weighted by atomic mass is 14.1. The minimum absolute atomic E-state index is 0. The van der Waals surface area contributed by atoms with Gasteiger partial charge in [0.2, 0.25) is 0 Å². The van der Waals surface area contributed by atoms with E-state index in [4.69, 9.17) is 0 Å². The van der Waals surface area contributed by atoms with Crippen molar-refractivity contribution >= 4 is 0 Å². The molecule has 0 aliphatic carbocycles. The van der Waals surface area contributed by atoms with Gasteiger partial charge in [0.05, 0.1) is 0 Å². The van der Waals surface area contributed by atoms with Gasteiger partial charge in [-0.25, -0.2) is 0 Å². The van der Waals surface area contributed by atoms with Crippen LogP contribution in [-0.2, 0) is 0 Å². The summed E-state index contributed by atoms with van der Waals surface area (Å²) in [4.78, 5) is 0. The summed E-state index contributed by atoms with van der Waals surface area (Å²) in [6.45, 7) is 22.4. The summed E-state index contributed by atoms with van der Waals surface area (Å²) in [5.41, 5.74) is 8.71. The van der Waals surface area contributed by atoms with Crippen LogP contribution in [0.25, 0.3) is 0 Å². The number of rotatable bonds is 4. The van der Waals surface area contributed by atoms with Gasteiger partial charge in [0, 0.05) is 0 Å². The van der Waals surface area contributed by atoms with Crippen LogP contribution in [0.1, 0.15) is 135 Å². The molecule has 0 heterocycles. The molecule has 0 saturated heterocycles. The molecule has 2 rings (SSSR count). The average Bonchev–Trinajstić information content (AvgIpc) is 2.54. The number of hydrogen-bond acceptors (Lipinski definition) is 0. The molecule has 0 aliphatic rings. The van der Waals surface area contributed by atoms with Gasteiger partial charge in [-0.05, 0) is 70.9 Å². The lowest BCUT2D eigenvalue weighted by Gasteiger charge is -2.13.